The fourth-order valence-corrected chi connectivity index (χ4v) is 2.08. The molecular weight excluding hydrogens is 280 g/mol. The number of anilines is 1. The highest BCUT2D eigenvalue weighted by atomic mass is 16.5. The fourth-order valence-electron chi connectivity index (χ4n) is 2.08. The largest absolute Gasteiger partial charge is 0.491 e. The summed E-state index contributed by atoms with van der Waals surface area (Å²) in [6, 6.07) is 10.9. The van der Waals surface area contributed by atoms with E-state index in [-0.39, 0.29) is 12.3 Å². The molecule has 1 aromatic carbocycles. The van der Waals surface area contributed by atoms with Crippen LogP contribution in [0.25, 0.3) is 0 Å². The minimum atomic E-state index is -0.113. The minimum Gasteiger partial charge on any atom is -0.491 e. The number of para-hydroxylation sites is 2. The summed E-state index contributed by atoms with van der Waals surface area (Å²) in [5, 5.41) is 2.85. The molecule has 0 aliphatic heterocycles. The highest BCUT2D eigenvalue weighted by Crippen LogP contribution is 2.24. The molecule has 1 N–H and O–H groups in total. The van der Waals surface area contributed by atoms with Gasteiger partial charge < -0.3 is 14.6 Å². The van der Waals surface area contributed by atoms with Crippen LogP contribution in [-0.4, -0.2) is 23.4 Å². The number of aldehydes is 1. The van der Waals surface area contributed by atoms with E-state index in [1.165, 1.54) is 0 Å². The van der Waals surface area contributed by atoms with Crippen molar-refractivity contribution in [3.05, 3.63) is 48.3 Å². The van der Waals surface area contributed by atoms with Crippen molar-refractivity contribution in [1.82, 2.24) is 4.57 Å². The second-order valence-corrected chi connectivity index (χ2v) is 4.89. The molecule has 1 heterocycles. The summed E-state index contributed by atoms with van der Waals surface area (Å²) >= 11 is 0. The molecule has 0 radical (unpaired) electrons. The molecule has 1 aromatic heterocycles. The quantitative estimate of drug-likeness (QED) is 0.762. The summed E-state index contributed by atoms with van der Waals surface area (Å²) in [4.78, 5) is 22.9. The Balaban J connectivity index is 1.93. The van der Waals surface area contributed by atoms with Crippen molar-refractivity contribution < 1.29 is 14.3 Å². The first-order valence-corrected chi connectivity index (χ1v) is 7.36. The topological polar surface area (TPSA) is 60.3 Å². The Kier molecular flexibility index (Phi) is 5.77. The van der Waals surface area contributed by atoms with Gasteiger partial charge in [-0.3, -0.25) is 9.59 Å². The smallest absolute Gasteiger partial charge is 0.226 e. The number of aryl methyl sites for hydroxylation is 1. The average molecular weight is 300 g/mol. The van der Waals surface area contributed by atoms with E-state index in [9.17, 15) is 9.59 Å². The van der Waals surface area contributed by atoms with E-state index in [2.05, 4.69) is 5.32 Å². The van der Waals surface area contributed by atoms with Crippen LogP contribution in [0, 0.1) is 0 Å². The molecule has 5 heteroatoms. The second kappa shape index (κ2) is 8.02. The number of ether oxygens (including phenoxy) is 1. The number of hydrogen-bond donors (Lipinski definition) is 1. The van der Waals surface area contributed by atoms with Crippen LogP contribution in [0.5, 0.6) is 5.75 Å². The van der Waals surface area contributed by atoms with Crippen LogP contribution in [0.3, 0.4) is 0 Å². The van der Waals surface area contributed by atoms with E-state index in [4.69, 9.17) is 4.74 Å². The first kappa shape index (κ1) is 15.8. The third kappa shape index (κ3) is 4.22. The second-order valence-electron chi connectivity index (χ2n) is 4.89. The van der Waals surface area contributed by atoms with Gasteiger partial charge in [0.15, 0.2) is 6.29 Å². The number of amides is 1. The molecule has 5 nitrogen and oxygen atoms in total. The number of carbonyl (C=O) groups is 2. The lowest BCUT2D eigenvalue weighted by atomic mass is 10.2. The molecule has 0 atom stereocenters. The maximum Gasteiger partial charge on any atom is 0.226 e. The lowest BCUT2D eigenvalue weighted by Crippen LogP contribution is -2.15. The number of hydrogen-bond acceptors (Lipinski definition) is 3. The van der Waals surface area contributed by atoms with Gasteiger partial charge >= 0.3 is 0 Å². The molecule has 1 amide bonds. The van der Waals surface area contributed by atoms with Crippen molar-refractivity contribution in [3.8, 4) is 5.75 Å². The summed E-state index contributed by atoms with van der Waals surface area (Å²) < 4.78 is 7.36. The Morgan fingerprint density at radius 3 is 2.86 bits per heavy atom. The van der Waals surface area contributed by atoms with E-state index < -0.39 is 0 Å². The number of nitrogens with zero attached hydrogens (tertiary/aromatic N) is 1. The summed E-state index contributed by atoms with van der Waals surface area (Å²) in [5.41, 5.74) is 1.24. The number of benzene rings is 1. The van der Waals surface area contributed by atoms with Crippen molar-refractivity contribution in [2.45, 2.75) is 26.3 Å². The number of rotatable bonds is 8. The third-order valence-corrected chi connectivity index (χ3v) is 3.19. The van der Waals surface area contributed by atoms with Crippen LogP contribution >= 0.6 is 0 Å². The summed E-state index contributed by atoms with van der Waals surface area (Å²) in [5.74, 6) is 0.561. The van der Waals surface area contributed by atoms with Gasteiger partial charge in [0.1, 0.15) is 5.75 Å². The Hall–Kier alpha value is -2.56. The van der Waals surface area contributed by atoms with Gasteiger partial charge in [-0.2, -0.15) is 0 Å². The zero-order valence-electron chi connectivity index (χ0n) is 12.6. The molecule has 0 saturated heterocycles. The number of carbonyl (C=O) groups excluding carboxylic acids is 2. The average Bonchev–Trinajstić information content (AvgIpc) is 2.99. The first-order chi connectivity index (χ1) is 10.7. The van der Waals surface area contributed by atoms with Gasteiger partial charge in [0.25, 0.3) is 0 Å². The molecule has 0 fully saturated rings. The molecule has 0 spiro atoms. The molecule has 22 heavy (non-hydrogen) atoms. The Morgan fingerprint density at radius 2 is 2.09 bits per heavy atom. The van der Waals surface area contributed by atoms with E-state index in [1.807, 2.05) is 31.2 Å². The van der Waals surface area contributed by atoms with Crippen LogP contribution < -0.4 is 10.1 Å². The monoisotopic (exact) mass is 300 g/mol. The summed E-state index contributed by atoms with van der Waals surface area (Å²) in [7, 11) is 0. The molecule has 0 bridgehead atoms. The molecule has 0 saturated carbocycles. The van der Waals surface area contributed by atoms with Gasteiger partial charge in [-0.25, -0.2) is 0 Å². The molecule has 0 aliphatic rings. The lowest BCUT2D eigenvalue weighted by Gasteiger charge is -2.12. The fraction of sp³-hybridized carbons (Fsp3) is 0.294. The predicted molar refractivity (Wildman–Crippen MR) is 85.3 cm³/mol. The molecule has 2 rings (SSSR count). The standard InChI is InChI=1S/C17H20N2O3/c1-2-12-22-16-8-4-3-7-15(16)18-17(21)9-11-19-10-5-6-14(19)13-20/h3-8,10,13H,2,9,11-12H2,1H3,(H,18,21). The van der Waals surface area contributed by atoms with Gasteiger partial charge in [-0.1, -0.05) is 19.1 Å². The highest BCUT2D eigenvalue weighted by molar-refractivity contribution is 5.92. The highest BCUT2D eigenvalue weighted by Gasteiger charge is 2.08. The van der Waals surface area contributed by atoms with Crippen molar-refractivity contribution in [3.63, 3.8) is 0 Å². The summed E-state index contributed by atoms with van der Waals surface area (Å²) in [6.07, 6.45) is 3.77. The van der Waals surface area contributed by atoms with E-state index >= 15 is 0 Å². The van der Waals surface area contributed by atoms with Crippen molar-refractivity contribution in [1.29, 1.82) is 0 Å². The van der Waals surface area contributed by atoms with Crippen LogP contribution in [0.15, 0.2) is 42.6 Å². The van der Waals surface area contributed by atoms with Gasteiger partial charge in [-0.05, 0) is 30.7 Å². The maximum absolute atomic E-state index is 12.1. The van der Waals surface area contributed by atoms with Crippen LogP contribution in [-0.2, 0) is 11.3 Å². The molecule has 116 valence electrons. The lowest BCUT2D eigenvalue weighted by molar-refractivity contribution is -0.116. The maximum atomic E-state index is 12.1. The van der Waals surface area contributed by atoms with Gasteiger partial charge in [0.05, 0.1) is 18.0 Å². The van der Waals surface area contributed by atoms with E-state index in [0.29, 0.717) is 30.3 Å². The third-order valence-electron chi connectivity index (χ3n) is 3.19. The number of nitrogens with one attached hydrogen (secondary N) is 1. The predicted octanol–water partition coefficient (Wildman–Crippen LogP) is 3.12. The Bertz CT molecular complexity index is 634. The zero-order chi connectivity index (χ0) is 15.8. The van der Waals surface area contributed by atoms with Gasteiger partial charge in [0.2, 0.25) is 5.91 Å². The van der Waals surface area contributed by atoms with E-state index in [1.54, 1.807) is 22.9 Å². The number of aromatic nitrogens is 1. The normalized spacial score (nSPS) is 10.2. The van der Waals surface area contributed by atoms with E-state index in [0.717, 1.165) is 12.7 Å². The zero-order valence-corrected chi connectivity index (χ0v) is 12.6. The Morgan fingerprint density at radius 1 is 1.27 bits per heavy atom. The molecule has 0 unspecified atom stereocenters. The SMILES string of the molecule is CCCOc1ccccc1NC(=O)CCn1cccc1C=O. The van der Waals surface area contributed by atoms with Gasteiger partial charge in [0, 0.05) is 19.2 Å². The first-order valence-electron chi connectivity index (χ1n) is 7.36. The van der Waals surface area contributed by atoms with Gasteiger partial charge in [-0.15, -0.1) is 0 Å². The summed E-state index contributed by atoms with van der Waals surface area (Å²) in [6.45, 7) is 3.10. The van der Waals surface area contributed by atoms with Crippen molar-refractivity contribution in [2.75, 3.05) is 11.9 Å². The minimum absolute atomic E-state index is 0.113. The van der Waals surface area contributed by atoms with Crippen LogP contribution in [0.2, 0.25) is 0 Å². The van der Waals surface area contributed by atoms with Crippen molar-refractivity contribution >= 4 is 17.9 Å². The molecule has 0 aliphatic carbocycles. The van der Waals surface area contributed by atoms with Crippen LogP contribution in [0.1, 0.15) is 30.3 Å². The molecular formula is C17H20N2O3. The van der Waals surface area contributed by atoms with Crippen molar-refractivity contribution in [2.24, 2.45) is 0 Å². The molecule has 2 aromatic rings. The Labute approximate surface area is 129 Å². The van der Waals surface area contributed by atoms with Crippen LogP contribution in [0.4, 0.5) is 5.69 Å².